The average molecular weight is 291 g/mol. The van der Waals surface area contributed by atoms with E-state index in [0.29, 0.717) is 27.1 Å². The van der Waals surface area contributed by atoms with Crippen LogP contribution in [0.25, 0.3) is 11.1 Å². The van der Waals surface area contributed by atoms with Crippen molar-refractivity contribution in [3.05, 3.63) is 45.9 Å². The number of rotatable bonds is 1. The Morgan fingerprint density at radius 2 is 1.58 bits per heavy atom. The van der Waals surface area contributed by atoms with Crippen molar-refractivity contribution in [2.45, 2.75) is 0 Å². The van der Waals surface area contributed by atoms with Crippen LogP contribution in [0.3, 0.4) is 0 Å². The third kappa shape index (κ3) is 2.23. The minimum absolute atomic E-state index is 0.207. The van der Waals surface area contributed by atoms with Crippen molar-refractivity contribution in [2.75, 3.05) is 6.79 Å². The SMILES string of the molecule is C#Cc1cc2c(cc1-c1cc(Cl)cc(Cl)c1)OCO2. The van der Waals surface area contributed by atoms with Crippen molar-refractivity contribution in [1.29, 1.82) is 0 Å². The van der Waals surface area contributed by atoms with Gasteiger partial charge >= 0.3 is 0 Å². The molecule has 0 radical (unpaired) electrons. The quantitative estimate of drug-likeness (QED) is 0.726. The first-order valence-corrected chi connectivity index (χ1v) is 6.29. The van der Waals surface area contributed by atoms with Crippen LogP contribution in [0, 0.1) is 12.3 Å². The summed E-state index contributed by atoms with van der Waals surface area (Å²) >= 11 is 12.0. The Hall–Kier alpha value is -1.82. The minimum atomic E-state index is 0.207. The standard InChI is InChI=1S/C15H8Cl2O2/c1-2-9-5-14-15(19-8-18-14)7-13(9)10-3-11(16)6-12(17)4-10/h1,3-7H,8H2. The lowest BCUT2D eigenvalue weighted by Gasteiger charge is -2.08. The van der Waals surface area contributed by atoms with Crippen LogP contribution in [-0.4, -0.2) is 6.79 Å². The zero-order valence-corrected chi connectivity index (χ0v) is 11.3. The molecule has 2 nitrogen and oxygen atoms in total. The second-order valence-electron chi connectivity index (χ2n) is 4.05. The molecular weight excluding hydrogens is 283 g/mol. The van der Waals surface area contributed by atoms with Gasteiger partial charge in [0.15, 0.2) is 11.5 Å². The van der Waals surface area contributed by atoms with Gasteiger partial charge in [-0.05, 0) is 29.8 Å². The third-order valence-electron chi connectivity index (χ3n) is 2.84. The number of fused-ring (bicyclic) bond motifs is 1. The molecule has 4 heteroatoms. The molecular formula is C15H8Cl2O2. The van der Waals surface area contributed by atoms with Gasteiger partial charge in [-0.2, -0.15) is 0 Å². The van der Waals surface area contributed by atoms with Crippen molar-refractivity contribution in [3.63, 3.8) is 0 Å². The fourth-order valence-electron chi connectivity index (χ4n) is 2.01. The van der Waals surface area contributed by atoms with Crippen molar-refractivity contribution in [1.82, 2.24) is 0 Å². The Kier molecular flexibility index (Phi) is 3.02. The molecule has 0 saturated carbocycles. The molecule has 0 bridgehead atoms. The molecule has 0 spiro atoms. The highest BCUT2D eigenvalue weighted by molar-refractivity contribution is 6.35. The van der Waals surface area contributed by atoms with Crippen molar-refractivity contribution < 1.29 is 9.47 Å². The molecule has 0 atom stereocenters. The van der Waals surface area contributed by atoms with E-state index < -0.39 is 0 Å². The fraction of sp³-hybridized carbons (Fsp3) is 0.0667. The summed E-state index contributed by atoms with van der Waals surface area (Å²) < 4.78 is 10.7. The summed E-state index contributed by atoms with van der Waals surface area (Å²) in [4.78, 5) is 0. The number of halogens is 2. The third-order valence-corrected chi connectivity index (χ3v) is 3.28. The van der Waals surface area contributed by atoms with E-state index in [9.17, 15) is 0 Å². The normalized spacial score (nSPS) is 12.3. The molecule has 2 aromatic carbocycles. The van der Waals surface area contributed by atoms with Gasteiger partial charge in [-0.3, -0.25) is 0 Å². The van der Waals surface area contributed by atoms with E-state index >= 15 is 0 Å². The lowest BCUT2D eigenvalue weighted by Crippen LogP contribution is -1.92. The van der Waals surface area contributed by atoms with Gasteiger partial charge in [-0.25, -0.2) is 0 Å². The van der Waals surface area contributed by atoms with Crippen LogP contribution in [0.2, 0.25) is 10.0 Å². The van der Waals surface area contributed by atoms with Crippen LogP contribution >= 0.6 is 23.2 Å². The number of hydrogen-bond donors (Lipinski definition) is 0. The topological polar surface area (TPSA) is 18.5 Å². The van der Waals surface area contributed by atoms with Gasteiger partial charge < -0.3 is 9.47 Å². The predicted octanol–water partition coefficient (Wildman–Crippen LogP) is 4.37. The van der Waals surface area contributed by atoms with Gasteiger partial charge in [0, 0.05) is 27.2 Å². The minimum Gasteiger partial charge on any atom is -0.454 e. The Morgan fingerprint density at radius 3 is 2.21 bits per heavy atom. The van der Waals surface area contributed by atoms with Crippen LogP contribution in [0.4, 0.5) is 0 Å². The van der Waals surface area contributed by atoms with Crippen molar-refractivity contribution >= 4 is 23.2 Å². The lowest BCUT2D eigenvalue weighted by molar-refractivity contribution is 0.174. The molecule has 2 aromatic rings. The second kappa shape index (κ2) is 4.70. The van der Waals surface area contributed by atoms with E-state index in [4.69, 9.17) is 39.1 Å². The molecule has 0 aliphatic carbocycles. The van der Waals surface area contributed by atoms with Crippen molar-refractivity contribution in [3.8, 4) is 35.0 Å². The van der Waals surface area contributed by atoms with Gasteiger partial charge in [-0.15, -0.1) is 6.42 Å². The molecule has 0 N–H and O–H groups in total. The Labute approximate surface area is 120 Å². The molecule has 1 aliphatic rings. The van der Waals surface area contributed by atoms with Crippen LogP contribution in [0.5, 0.6) is 11.5 Å². The van der Waals surface area contributed by atoms with E-state index in [2.05, 4.69) is 5.92 Å². The van der Waals surface area contributed by atoms with Gasteiger partial charge in [0.1, 0.15) is 0 Å². The summed E-state index contributed by atoms with van der Waals surface area (Å²) in [6.07, 6.45) is 5.55. The number of hydrogen-bond acceptors (Lipinski definition) is 2. The maximum atomic E-state index is 6.02. The van der Waals surface area contributed by atoms with Crippen LogP contribution < -0.4 is 9.47 Å². The fourth-order valence-corrected chi connectivity index (χ4v) is 2.54. The monoisotopic (exact) mass is 290 g/mol. The summed E-state index contributed by atoms with van der Waals surface area (Å²) in [7, 11) is 0. The van der Waals surface area contributed by atoms with Gasteiger partial charge in [0.05, 0.1) is 0 Å². The summed E-state index contributed by atoms with van der Waals surface area (Å²) in [5.74, 6) is 3.97. The maximum Gasteiger partial charge on any atom is 0.231 e. The molecule has 0 amide bonds. The molecule has 1 heterocycles. The number of terminal acetylenes is 1. The molecule has 0 aromatic heterocycles. The maximum absolute atomic E-state index is 6.02. The smallest absolute Gasteiger partial charge is 0.231 e. The molecule has 1 aliphatic heterocycles. The van der Waals surface area contributed by atoms with Crippen LogP contribution in [0.15, 0.2) is 30.3 Å². The lowest BCUT2D eigenvalue weighted by atomic mass is 9.99. The zero-order valence-electron chi connectivity index (χ0n) is 9.74. The average Bonchev–Trinajstić information content (AvgIpc) is 2.83. The van der Waals surface area contributed by atoms with E-state index in [-0.39, 0.29) is 6.79 Å². The van der Waals surface area contributed by atoms with Gasteiger partial charge in [-0.1, -0.05) is 29.1 Å². The molecule has 3 rings (SSSR count). The summed E-state index contributed by atoms with van der Waals surface area (Å²) in [5.41, 5.74) is 2.41. The molecule has 0 saturated heterocycles. The number of benzene rings is 2. The summed E-state index contributed by atoms with van der Waals surface area (Å²) in [6.45, 7) is 0.207. The Morgan fingerprint density at radius 1 is 0.947 bits per heavy atom. The first-order valence-electron chi connectivity index (χ1n) is 5.54. The zero-order chi connectivity index (χ0) is 13.4. The van der Waals surface area contributed by atoms with E-state index in [1.165, 1.54) is 0 Å². The van der Waals surface area contributed by atoms with Gasteiger partial charge in [0.25, 0.3) is 0 Å². The van der Waals surface area contributed by atoms with Gasteiger partial charge in [0.2, 0.25) is 6.79 Å². The van der Waals surface area contributed by atoms with Crippen LogP contribution in [0.1, 0.15) is 5.56 Å². The largest absolute Gasteiger partial charge is 0.454 e. The summed E-state index contributed by atoms with van der Waals surface area (Å²) in [6, 6.07) is 8.93. The number of ether oxygens (including phenoxy) is 2. The second-order valence-corrected chi connectivity index (χ2v) is 4.93. The molecule has 94 valence electrons. The van der Waals surface area contributed by atoms with E-state index in [0.717, 1.165) is 11.1 Å². The summed E-state index contributed by atoms with van der Waals surface area (Å²) in [5, 5.41) is 1.12. The first kappa shape index (κ1) is 12.2. The highest BCUT2D eigenvalue weighted by Crippen LogP contribution is 2.39. The predicted molar refractivity (Wildman–Crippen MR) is 76.0 cm³/mol. The highest BCUT2D eigenvalue weighted by atomic mass is 35.5. The highest BCUT2D eigenvalue weighted by Gasteiger charge is 2.17. The van der Waals surface area contributed by atoms with Crippen molar-refractivity contribution in [2.24, 2.45) is 0 Å². The molecule has 0 unspecified atom stereocenters. The molecule has 0 fully saturated rings. The van der Waals surface area contributed by atoms with Crippen LogP contribution in [-0.2, 0) is 0 Å². The first-order chi connectivity index (χ1) is 9.17. The Balaban J connectivity index is 2.22. The Bertz CT molecular complexity index is 682. The van der Waals surface area contributed by atoms with E-state index in [1.54, 1.807) is 12.1 Å². The molecule has 19 heavy (non-hydrogen) atoms. The van der Waals surface area contributed by atoms with E-state index in [1.807, 2.05) is 18.2 Å².